The Hall–Kier alpha value is -8.57. The maximum absolute atomic E-state index is 12.1. The van der Waals surface area contributed by atoms with Crippen LogP contribution in [0.2, 0.25) is 0 Å². The average molecular weight is 781 g/mol. The summed E-state index contributed by atoms with van der Waals surface area (Å²) in [6.45, 7) is 21.5. The van der Waals surface area contributed by atoms with E-state index in [0.29, 0.717) is 34.6 Å². The summed E-state index contributed by atoms with van der Waals surface area (Å²) < 4.78 is 17.8. The molecule has 0 fully saturated rings. The van der Waals surface area contributed by atoms with Crippen LogP contribution in [0.3, 0.4) is 0 Å². The Morgan fingerprint density at radius 1 is 0.678 bits per heavy atom. The fraction of sp³-hybridized carbons (Fsp3) is 0.0952. The first kappa shape index (κ1) is 37.4. The van der Waals surface area contributed by atoms with Crippen molar-refractivity contribution in [2.24, 2.45) is 0 Å². The SMILES string of the molecule is Cc1cc2nccn2cc1Nc1ncc2c(C)[nH]nc2n1.[C-]#[N+]c1ccc(-n2nc(C)c3cnc(Nc4cn5ccnc5cc4C)nc32)cc1.[C-]#[N+]c1ccc(F)cc1. The number of benzene rings is 2. The maximum Gasteiger partial charge on any atom is 0.229 e. The van der Waals surface area contributed by atoms with Gasteiger partial charge in [0.15, 0.2) is 22.7 Å². The molecule has 0 spiro atoms. The molecule has 0 atom stereocenters. The Morgan fingerprint density at radius 3 is 1.80 bits per heavy atom. The van der Waals surface area contributed by atoms with Gasteiger partial charge in [-0.25, -0.2) is 38.7 Å². The number of nitrogens with zero attached hydrogens (tertiary/aromatic N) is 13. The van der Waals surface area contributed by atoms with E-state index in [1.54, 1.807) is 41.6 Å². The van der Waals surface area contributed by atoms with E-state index in [2.05, 4.69) is 60.5 Å². The van der Waals surface area contributed by atoms with E-state index in [1.165, 1.54) is 24.3 Å². The third-order valence-electron chi connectivity index (χ3n) is 9.26. The number of H-pyrrole nitrogens is 1. The van der Waals surface area contributed by atoms with Gasteiger partial charge in [0.05, 0.1) is 46.7 Å². The molecule has 59 heavy (non-hydrogen) atoms. The summed E-state index contributed by atoms with van der Waals surface area (Å²) in [5, 5.41) is 20.0. The second kappa shape index (κ2) is 15.9. The molecule has 8 heterocycles. The molecule has 10 aromatic rings. The van der Waals surface area contributed by atoms with Crippen LogP contribution in [-0.4, -0.2) is 58.7 Å². The molecule has 0 amide bonds. The molecule has 0 aliphatic carbocycles. The summed E-state index contributed by atoms with van der Waals surface area (Å²) in [6.07, 6.45) is 14.8. The molecule has 0 bridgehead atoms. The fourth-order valence-corrected chi connectivity index (χ4v) is 6.06. The number of halogens is 1. The number of anilines is 4. The highest BCUT2D eigenvalue weighted by atomic mass is 19.1. The highest BCUT2D eigenvalue weighted by molar-refractivity contribution is 5.81. The molecule has 0 aliphatic heterocycles. The van der Waals surface area contributed by atoms with Crippen molar-refractivity contribution in [2.75, 3.05) is 10.6 Å². The van der Waals surface area contributed by atoms with Crippen molar-refractivity contribution in [3.63, 3.8) is 0 Å². The van der Waals surface area contributed by atoms with Crippen LogP contribution in [0.5, 0.6) is 0 Å². The fourth-order valence-electron chi connectivity index (χ4n) is 6.06. The second-order valence-corrected chi connectivity index (χ2v) is 13.3. The Kier molecular flexibility index (Phi) is 10.1. The van der Waals surface area contributed by atoms with Crippen LogP contribution in [0.1, 0.15) is 22.5 Å². The number of hydrogen-bond donors (Lipinski definition) is 3. The average Bonchev–Trinajstić information content (AvgIpc) is 4.06. The number of aromatic amines is 1. The molecule has 17 heteroatoms. The van der Waals surface area contributed by atoms with E-state index >= 15 is 0 Å². The van der Waals surface area contributed by atoms with Crippen LogP contribution in [0.4, 0.5) is 39.0 Å². The maximum atomic E-state index is 12.1. The third-order valence-corrected chi connectivity index (χ3v) is 9.26. The first-order chi connectivity index (χ1) is 28.6. The molecule has 0 radical (unpaired) electrons. The summed E-state index contributed by atoms with van der Waals surface area (Å²) in [5.74, 6) is 0.706. The molecule has 0 unspecified atom stereocenters. The van der Waals surface area contributed by atoms with E-state index in [9.17, 15) is 4.39 Å². The molecular weight excluding hydrogens is 748 g/mol. The lowest BCUT2D eigenvalue weighted by atomic mass is 10.2. The molecule has 0 aliphatic rings. The van der Waals surface area contributed by atoms with Crippen LogP contribution in [-0.2, 0) is 0 Å². The normalized spacial score (nSPS) is 10.8. The number of pyridine rings is 2. The van der Waals surface area contributed by atoms with Crippen molar-refractivity contribution in [1.82, 2.24) is 58.7 Å². The Labute approximate surface area is 335 Å². The molecular formula is C42H33FN16. The van der Waals surface area contributed by atoms with Gasteiger partial charge in [0, 0.05) is 55.3 Å². The van der Waals surface area contributed by atoms with E-state index in [1.807, 2.05) is 85.5 Å². The van der Waals surface area contributed by atoms with Gasteiger partial charge >= 0.3 is 0 Å². The number of aryl methyl sites for hydroxylation is 4. The van der Waals surface area contributed by atoms with Gasteiger partial charge in [-0.1, -0.05) is 24.3 Å². The zero-order valence-electron chi connectivity index (χ0n) is 32.1. The summed E-state index contributed by atoms with van der Waals surface area (Å²) >= 11 is 0. The third kappa shape index (κ3) is 7.93. The molecule has 2 aromatic carbocycles. The number of rotatable bonds is 5. The minimum atomic E-state index is -0.303. The van der Waals surface area contributed by atoms with Gasteiger partial charge < -0.3 is 19.4 Å². The Morgan fingerprint density at radius 2 is 1.22 bits per heavy atom. The number of hydrogen-bond acceptors (Lipinski definition) is 10. The summed E-state index contributed by atoms with van der Waals surface area (Å²) in [6, 6.07) is 16.7. The summed E-state index contributed by atoms with van der Waals surface area (Å²) in [4.78, 5) is 33.0. The molecule has 0 saturated carbocycles. The zero-order valence-corrected chi connectivity index (χ0v) is 32.1. The standard InChI is InChI=1S/C21H16N8.C14H13N7.C7H4FN/c1-13-10-19-23-8-9-28(19)12-18(13)25-21-24-11-17-14(2)27-29(20(17)26-21)16-6-4-15(22-3)5-7-16;1-8-5-12-15-3-4-21(12)7-11(8)17-14-16-6-10-9(2)19-20-13(10)18-14;1-9-7-4-2-6(8)3-5-7/h4-12H,1-2H3,(H,24,25,26);3-7H,1-2H3,(H2,16,17,18,19,20);2-5H. The van der Waals surface area contributed by atoms with Gasteiger partial charge in [0.2, 0.25) is 11.9 Å². The molecule has 288 valence electrons. The monoisotopic (exact) mass is 780 g/mol. The van der Waals surface area contributed by atoms with Gasteiger partial charge in [0.1, 0.15) is 17.1 Å². The van der Waals surface area contributed by atoms with Gasteiger partial charge in [0.25, 0.3) is 0 Å². The van der Waals surface area contributed by atoms with Crippen molar-refractivity contribution in [2.45, 2.75) is 27.7 Å². The van der Waals surface area contributed by atoms with Crippen molar-refractivity contribution >= 4 is 68.0 Å². The van der Waals surface area contributed by atoms with Crippen molar-refractivity contribution < 1.29 is 4.39 Å². The first-order valence-corrected chi connectivity index (χ1v) is 18.1. The number of nitrogens with one attached hydrogen (secondary N) is 3. The predicted octanol–water partition coefficient (Wildman–Crippen LogP) is 9.11. The molecule has 10 rings (SSSR count). The van der Waals surface area contributed by atoms with E-state index < -0.39 is 0 Å². The van der Waals surface area contributed by atoms with Crippen LogP contribution in [0.25, 0.3) is 48.7 Å². The minimum Gasteiger partial charge on any atom is -0.323 e. The number of imidazole rings is 2. The quantitative estimate of drug-likeness (QED) is 0.143. The van der Waals surface area contributed by atoms with Crippen LogP contribution in [0, 0.1) is 46.7 Å². The Bertz CT molecular complexity index is 3200. The number of fused-ring (bicyclic) bond motifs is 4. The Balaban J connectivity index is 0.000000140. The van der Waals surface area contributed by atoms with Gasteiger partial charge in [-0.2, -0.15) is 20.2 Å². The second-order valence-electron chi connectivity index (χ2n) is 13.3. The molecule has 16 nitrogen and oxygen atoms in total. The lowest BCUT2D eigenvalue weighted by Gasteiger charge is -2.09. The van der Waals surface area contributed by atoms with Crippen LogP contribution < -0.4 is 10.6 Å². The molecule has 8 aromatic heterocycles. The smallest absolute Gasteiger partial charge is 0.229 e. The largest absolute Gasteiger partial charge is 0.323 e. The van der Waals surface area contributed by atoms with Gasteiger partial charge in [-0.05, 0) is 75.2 Å². The first-order valence-electron chi connectivity index (χ1n) is 18.1. The van der Waals surface area contributed by atoms with E-state index in [0.717, 1.165) is 61.6 Å². The predicted molar refractivity (Wildman–Crippen MR) is 223 cm³/mol. The highest BCUT2D eigenvalue weighted by Gasteiger charge is 2.14. The molecule has 0 saturated heterocycles. The number of aromatic nitrogens is 12. The summed E-state index contributed by atoms with van der Waals surface area (Å²) in [7, 11) is 0. The lowest BCUT2D eigenvalue weighted by Crippen LogP contribution is -2.03. The van der Waals surface area contributed by atoms with Crippen LogP contribution in [0.15, 0.2) is 110 Å². The van der Waals surface area contributed by atoms with Crippen molar-refractivity contribution in [1.29, 1.82) is 0 Å². The zero-order chi connectivity index (χ0) is 41.0. The highest BCUT2D eigenvalue weighted by Crippen LogP contribution is 2.26. The van der Waals surface area contributed by atoms with Crippen molar-refractivity contribution in [3.8, 4) is 5.69 Å². The van der Waals surface area contributed by atoms with Crippen LogP contribution >= 0.6 is 0 Å². The molecule has 3 N–H and O–H groups in total. The van der Waals surface area contributed by atoms with Gasteiger partial charge in [-0.15, -0.1) is 0 Å². The van der Waals surface area contributed by atoms with E-state index in [-0.39, 0.29) is 5.82 Å². The van der Waals surface area contributed by atoms with Gasteiger partial charge in [-0.3, -0.25) is 5.10 Å². The topological polar surface area (TPSA) is 165 Å². The van der Waals surface area contributed by atoms with E-state index in [4.69, 9.17) is 18.1 Å². The van der Waals surface area contributed by atoms with Crippen molar-refractivity contribution in [3.05, 3.63) is 161 Å². The minimum absolute atomic E-state index is 0.303. The summed E-state index contributed by atoms with van der Waals surface area (Å²) in [5.41, 5.74) is 10.8. The lowest BCUT2D eigenvalue weighted by molar-refractivity contribution is 0.628.